The summed E-state index contributed by atoms with van der Waals surface area (Å²) in [4.78, 5) is 3.84. The van der Waals surface area contributed by atoms with E-state index in [0.717, 1.165) is 12.0 Å². The van der Waals surface area contributed by atoms with Gasteiger partial charge in [-0.1, -0.05) is 12.8 Å². The van der Waals surface area contributed by atoms with Crippen LogP contribution in [0.5, 0.6) is 0 Å². The molecule has 0 radical (unpaired) electrons. The second kappa shape index (κ2) is 4.88. The van der Waals surface area contributed by atoms with E-state index < -0.39 is 17.7 Å². The lowest BCUT2D eigenvalue weighted by molar-refractivity contribution is -0.288. The van der Waals surface area contributed by atoms with Crippen LogP contribution in [0.4, 0.5) is 13.2 Å². The molecule has 0 amide bonds. The van der Waals surface area contributed by atoms with Gasteiger partial charge in [0.1, 0.15) is 0 Å². The van der Waals surface area contributed by atoms with Crippen molar-refractivity contribution in [2.45, 2.75) is 43.9 Å². The summed E-state index contributed by atoms with van der Waals surface area (Å²) in [7, 11) is 0. The Kier molecular flexibility index (Phi) is 3.61. The molecule has 1 aromatic rings. The maximum atomic E-state index is 13.0. The molecule has 1 saturated carbocycles. The van der Waals surface area contributed by atoms with Crippen LogP contribution in [0, 0.1) is 5.92 Å². The number of pyridine rings is 1. The van der Waals surface area contributed by atoms with E-state index in [-0.39, 0.29) is 12.8 Å². The number of hydrogen-bond donors (Lipinski definition) is 1. The van der Waals surface area contributed by atoms with Crippen LogP contribution in [0.25, 0.3) is 0 Å². The third kappa shape index (κ3) is 2.51. The molecule has 2 nitrogen and oxygen atoms in total. The van der Waals surface area contributed by atoms with Gasteiger partial charge in [0.25, 0.3) is 0 Å². The van der Waals surface area contributed by atoms with Crippen molar-refractivity contribution < 1.29 is 18.3 Å². The summed E-state index contributed by atoms with van der Waals surface area (Å²) in [6.07, 6.45) is 0.223. The molecule has 0 bridgehead atoms. The molecular formula is C13H16F3NO. The van der Waals surface area contributed by atoms with Crippen LogP contribution in [0.1, 0.15) is 31.2 Å². The van der Waals surface area contributed by atoms with Crippen LogP contribution in [0.2, 0.25) is 0 Å². The summed E-state index contributed by atoms with van der Waals surface area (Å²) in [5.74, 6) is -0.756. The molecule has 2 atom stereocenters. The number of aromatic nitrogens is 1. The SMILES string of the molecule is O[C@]1(C(F)(F)F)CCCC[C@H]1Cc1ccncc1. The molecule has 1 aliphatic carbocycles. The minimum atomic E-state index is -4.55. The molecule has 0 spiro atoms. The third-order valence-electron chi connectivity index (χ3n) is 3.76. The molecule has 1 N–H and O–H groups in total. The predicted molar refractivity (Wildman–Crippen MR) is 60.9 cm³/mol. The van der Waals surface area contributed by atoms with Gasteiger partial charge in [-0.2, -0.15) is 13.2 Å². The molecule has 2 rings (SSSR count). The molecule has 0 unspecified atom stereocenters. The molecule has 0 saturated heterocycles. The Morgan fingerprint density at radius 3 is 2.56 bits per heavy atom. The molecule has 5 heteroatoms. The summed E-state index contributed by atoms with van der Waals surface area (Å²) >= 11 is 0. The zero-order valence-corrected chi connectivity index (χ0v) is 9.95. The van der Waals surface area contributed by atoms with E-state index in [1.807, 2.05) is 0 Å². The monoisotopic (exact) mass is 259 g/mol. The molecule has 1 aromatic heterocycles. The predicted octanol–water partition coefficient (Wildman–Crippen LogP) is 3.11. The highest BCUT2D eigenvalue weighted by Crippen LogP contribution is 2.46. The van der Waals surface area contributed by atoms with Crippen molar-refractivity contribution in [1.29, 1.82) is 0 Å². The maximum absolute atomic E-state index is 13.0. The maximum Gasteiger partial charge on any atom is 0.417 e. The second-order valence-electron chi connectivity index (χ2n) is 4.92. The Hall–Kier alpha value is -1.10. The first kappa shape index (κ1) is 13.3. The zero-order valence-electron chi connectivity index (χ0n) is 9.95. The van der Waals surface area contributed by atoms with Crippen LogP contribution in [-0.2, 0) is 6.42 Å². The van der Waals surface area contributed by atoms with E-state index in [2.05, 4.69) is 4.98 Å². The smallest absolute Gasteiger partial charge is 0.380 e. The number of aliphatic hydroxyl groups is 1. The molecule has 0 aliphatic heterocycles. The van der Waals surface area contributed by atoms with Gasteiger partial charge in [0.2, 0.25) is 0 Å². The van der Waals surface area contributed by atoms with E-state index >= 15 is 0 Å². The molecule has 100 valence electrons. The lowest BCUT2D eigenvalue weighted by Gasteiger charge is -2.41. The van der Waals surface area contributed by atoms with Crippen LogP contribution in [0.15, 0.2) is 24.5 Å². The van der Waals surface area contributed by atoms with E-state index in [4.69, 9.17) is 0 Å². The van der Waals surface area contributed by atoms with Crippen molar-refractivity contribution in [3.8, 4) is 0 Å². The zero-order chi connectivity index (χ0) is 13.2. The summed E-state index contributed by atoms with van der Waals surface area (Å²) < 4.78 is 39.0. The fraction of sp³-hybridized carbons (Fsp3) is 0.615. The van der Waals surface area contributed by atoms with Gasteiger partial charge in [-0.05, 0) is 37.0 Å². The second-order valence-corrected chi connectivity index (χ2v) is 4.92. The van der Waals surface area contributed by atoms with E-state index in [0.29, 0.717) is 12.8 Å². The molecule has 0 aromatic carbocycles. The van der Waals surface area contributed by atoms with Gasteiger partial charge in [-0.3, -0.25) is 4.98 Å². The Labute approximate surface area is 104 Å². The fourth-order valence-electron chi connectivity index (χ4n) is 2.68. The highest BCUT2D eigenvalue weighted by atomic mass is 19.4. The van der Waals surface area contributed by atoms with Crippen LogP contribution >= 0.6 is 0 Å². The average Bonchev–Trinajstić information content (AvgIpc) is 2.32. The molecule has 1 fully saturated rings. The minimum absolute atomic E-state index is 0.188. The van der Waals surface area contributed by atoms with E-state index in [9.17, 15) is 18.3 Å². The number of hydrogen-bond acceptors (Lipinski definition) is 2. The first-order chi connectivity index (χ1) is 8.43. The van der Waals surface area contributed by atoms with Gasteiger partial charge in [-0.25, -0.2) is 0 Å². The highest BCUT2D eigenvalue weighted by Gasteiger charge is 2.58. The fourth-order valence-corrected chi connectivity index (χ4v) is 2.68. The van der Waals surface area contributed by atoms with Crippen molar-refractivity contribution in [3.63, 3.8) is 0 Å². The Balaban J connectivity index is 2.19. The molecular weight excluding hydrogens is 243 g/mol. The minimum Gasteiger partial charge on any atom is -0.380 e. The number of halogens is 3. The lowest BCUT2D eigenvalue weighted by Crippen LogP contribution is -2.53. The van der Waals surface area contributed by atoms with Gasteiger partial charge in [0.15, 0.2) is 5.60 Å². The summed E-state index contributed by atoms with van der Waals surface area (Å²) in [5, 5.41) is 9.99. The molecule has 1 aliphatic rings. The Morgan fingerprint density at radius 2 is 1.94 bits per heavy atom. The van der Waals surface area contributed by atoms with Gasteiger partial charge < -0.3 is 5.11 Å². The average molecular weight is 259 g/mol. The first-order valence-corrected chi connectivity index (χ1v) is 6.11. The van der Waals surface area contributed by atoms with Gasteiger partial charge in [0.05, 0.1) is 0 Å². The van der Waals surface area contributed by atoms with E-state index in [1.165, 1.54) is 0 Å². The highest BCUT2D eigenvalue weighted by molar-refractivity contribution is 5.13. The molecule has 18 heavy (non-hydrogen) atoms. The Bertz CT molecular complexity index is 393. The largest absolute Gasteiger partial charge is 0.417 e. The summed E-state index contributed by atoms with van der Waals surface area (Å²) in [5.41, 5.74) is -1.74. The van der Waals surface area contributed by atoms with Crippen molar-refractivity contribution in [1.82, 2.24) is 4.98 Å². The van der Waals surface area contributed by atoms with Gasteiger partial charge in [0, 0.05) is 18.3 Å². The van der Waals surface area contributed by atoms with Gasteiger partial charge in [-0.15, -0.1) is 0 Å². The number of alkyl halides is 3. The standard InChI is InChI=1S/C13H16F3NO/c14-13(15,16)12(18)6-2-1-3-11(12)9-10-4-7-17-8-5-10/h4-5,7-8,11,18H,1-3,6,9H2/t11-,12+/m0/s1. The van der Waals surface area contributed by atoms with Gasteiger partial charge >= 0.3 is 6.18 Å². The number of rotatable bonds is 2. The summed E-state index contributed by atoms with van der Waals surface area (Å²) in [6.45, 7) is 0. The van der Waals surface area contributed by atoms with Crippen molar-refractivity contribution in [2.75, 3.05) is 0 Å². The van der Waals surface area contributed by atoms with Crippen molar-refractivity contribution >= 4 is 0 Å². The Morgan fingerprint density at radius 1 is 1.28 bits per heavy atom. The van der Waals surface area contributed by atoms with E-state index in [1.54, 1.807) is 24.5 Å². The van der Waals surface area contributed by atoms with Crippen LogP contribution in [-0.4, -0.2) is 21.9 Å². The first-order valence-electron chi connectivity index (χ1n) is 6.11. The van der Waals surface area contributed by atoms with Crippen LogP contribution < -0.4 is 0 Å². The lowest BCUT2D eigenvalue weighted by atomic mass is 9.72. The topological polar surface area (TPSA) is 33.1 Å². The summed E-state index contributed by atoms with van der Waals surface area (Å²) in [6, 6.07) is 3.40. The number of nitrogens with zero attached hydrogens (tertiary/aromatic N) is 1. The normalized spacial score (nSPS) is 29.2. The van der Waals surface area contributed by atoms with Crippen molar-refractivity contribution in [2.24, 2.45) is 5.92 Å². The van der Waals surface area contributed by atoms with Crippen molar-refractivity contribution in [3.05, 3.63) is 30.1 Å². The third-order valence-corrected chi connectivity index (χ3v) is 3.76. The molecule has 1 heterocycles. The van der Waals surface area contributed by atoms with Crippen LogP contribution in [0.3, 0.4) is 0 Å². The quantitative estimate of drug-likeness (QED) is 0.885.